The summed E-state index contributed by atoms with van der Waals surface area (Å²) < 4.78 is 0. The molecular weight excluding hydrogens is 94.1 g/mol. The molecule has 0 aliphatic heterocycles. The van der Waals surface area contributed by atoms with E-state index in [0.29, 0.717) is 6.04 Å². The van der Waals surface area contributed by atoms with Crippen molar-refractivity contribution in [2.75, 3.05) is 6.26 Å². The Morgan fingerprint density at radius 3 is 2.33 bits per heavy atom. The Balaban J connectivity index is 2.09. The molecule has 0 aromatic carbocycles. The number of nitrogens with two attached hydrogens (primary N) is 1. The molecule has 2 heteroatoms. The molecule has 6 heavy (non-hydrogen) atoms. The molecule has 0 amide bonds. The van der Waals surface area contributed by atoms with Crippen molar-refractivity contribution in [2.24, 2.45) is 5.73 Å². The third-order valence-electron chi connectivity index (χ3n) is 1.08. The summed E-state index contributed by atoms with van der Waals surface area (Å²) in [6.45, 7) is 0. The molecule has 1 saturated carbocycles. The summed E-state index contributed by atoms with van der Waals surface area (Å²) in [5.41, 5.74) is 5.46. The summed E-state index contributed by atoms with van der Waals surface area (Å²) >= 11 is 1.87. The SMILES string of the molecule is CSC1CC1N. The lowest BCUT2D eigenvalue weighted by Crippen LogP contribution is -2.01. The largest absolute Gasteiger partial charge is 0.327 e. The van der Waals surface area contributed by atoms with Crippen LogP contribution in [0, 0.1) is 0 Å². The predicted octanol–water partition coefficient (Wildman–Crippen LogP) is 0.449. The zero-order valence-electron chi connectivity index (χ0n) is 3.85. The molecule has 0 spiro atoms. The van der Waals surface area contributed by atoms with Crippen LogP contribution in [0.4, 0.5) is 0 Å². The highest BCUT2D eigenvalue weighted by molar-refractivity contribution is 7.99. The highest BCUT2D eigenvalue weighted by Crippen LogP contribution is 2.30. The van der Waals surface area contributed by atoms with Crippen LogP contribution in [0.3, 0.4) is 0 Å². The number of rotatable bonds is 1. The maximum absolute atomic E-state index is 5.46. The second kappa shape index (κ2) is 1.43. The maximum Gasteiger partial charge on any atom is 0.0211 e. The lowest BCUT2D eigenvalue weighted by atomic mass is 10.8. The molecule has 2 N–H and O–H groups in total. The van der Waals surface area contributed by atoms with Crippen LogP contribution >= 0.6 is 11.8 Å². The average molecular weight is 103 g/mol. The van der Waals surface area contributed by atoms with Crippen LogP contribution in [0.1, 0.15) is 6.42 Å². The Bertz CT molecular complexity index is 53.5. The van der Waals surface area contributed by atoms with E-state index in [-0.39, 0.29) is 0 Å². The third kappa shape index (κ3) is 0.684. The van der Waals surface area contributed by atoms with Crippen LogP contribution in [0.5, 0.6) is 0 Å². The molecule has 1 nitrogen and oxygen atoms in total. The lowest BCUT2D eigenvalue weighted by Gasteiger charge is -1.80. The van der Waals surface area contributed by atoms with Gasteiger partial charge in [0.1, 0.15) is 0 Å². The second-order valence-electron chi connectivity index (χ2n) is 1.67. The van der Waals surface area contributed by atoms with E-state index >= 15 is 0 Å². The summed E-state index contributed by atoms with van der Waals surface area (Å²) in [5, 5.41) is 0.796. The zero-order valence-corrected chi connectivity index (χ0v) is 4.66. The molecule has 0 heterocycles. The fraction of sp³-hybridized carbons (Fsp3) is 1.00. The van der Waals surface area contributed by atoms with E-state index in [0.717, 1.165) is 5.25 Å². The molecule has 36 valence electrons. The van der Waals surface area contributed by atoms with Gasteiger partial charge < -0.3 is 5.73 Å². The van der Waals surface area contributed by atoms with Crippen LogP contribution in [0.25, 0.3) is 0 Å². The lowest BCUT2D eigenvalue weighted by molar-refractivity contribution is 1.08. The minimum absolute atomic E-state index is 0.528. The minimum Gasteiger partial charge on any atom is -0.327 e. The van der Waals surface area contributed by atoms with Crippen molar-refractivity contribution in [2.45, 2.75) is 17.7 Å². The molecule has 1 rings (SSSR count). The van der Waals surface area contributed by atoms with Gasteiger partial charge in [-0.2, -0.15) is 11.8 Å². The zero-order chi connectivity index (χ0) is 4.57. The van der Waals surface area contributed by atoms with Crippen molar-refractivity contribution in [1.29, 1.82) is 0 Å². The quantitative estimate of drug-likeness (QED) is 0.521. The van der Waals surface area contributed by atoms with E-state index in [1.807, 2.05) is 11.8 Å². The van der Waals surface area contributed by atoms with Gasteiger partial charge in [-0.3, -0.25) is 0 Å². The van der Waals surface area contributed by atoms with Crippen LogP contribution in [0.2, 0.25) is 0 Å². The first-order valence-electron chi connectivity index (χ1n) is 2.13. The summed E-state index contributed by atoms with van der Waals surface area (Å²) in [6.07, 6.45) is 3.35. The van der Waals surface area contributed by atoms with Crippen molar-refractivity contribution in [3.63, 3.8) is 0 Å². The van der Waals surface area contributed by atoms with Crippen molar-refractivity contribution < 1.29 is 0 Å². The van der Waals surface area contributed by atoms with Crippen LogP contribution in [-0.2, 0) is 0 Å². The molecule has 0 aromatic rings. The van der Waals surface area contributed by atoms with E-state index in [4.69, 9.17) is 5.73 Å². The molecule has 2 atom stereocenters. The molecule has 0 aromatic heterocycles. The fourth-order valence-corrected chi connectivity index (χ4v) is 1.22. The summed E-state index contributed by atoms with van der Waals surface area (Å²) in [7, 11) is 0. The first-order chi connectivity index (χ1) is 2.84. The van der Waals surface area contributed by atoms with Gasteiger partial charge in [-0.1, -0.05) is 0 Å². The molecule has 1 aliphatic rings. The van der Waals surface area contributed by atoms with Crippen LogP contribution in [0.15, 0.2) is 0 Å². The van der Waals surface area contributed by atoms with E-state index < -0.39 is 0 Å². The van der Waals surface area contributed by atoms with Gasteiger partial charge >= 0.3 is 0 Å². The maximum atomic E-state index is 5.46. The van der Waals surface area contributed by atoms with Gasteiger partial charge in [0.15, 0.2) is 0 Å². The van der Waals surface area contributed by atoms with E-state index in [1.165, 1.54) is 6.42 Å². The molecule has 0 radical (unpaired) electrons. The summed E-state index contributed by atoms with van der Waals surface area (Å²) in [6, 6.07) is 0.528. The number of hydrogen-bond acceptors (Lipinski definition) is 2. The van der Waals surface area contributed by atoms with Crippen molar-refractivity contribution in [3.05, 3.63) is 0 Å². The highest BCUT2D eigenvalue weighted by atomic mass is 32.2. The predicted molar refractivity (Wildman–Crippen MR) is 29.9 cm³/mol. The third-order valence-corrected chi connectivity index (χ3v) is 2.23. The minimum atomic E-state index is 0.528. The number of thioether (sulfide) groups is 1. The van der Waals surface area contributed by atoms with Crippen LogP contribution < -0.4 is 5.73 Å². The van der Waals surface area contributed by atoms with Crippen molar-refractivity contribution >= 4 is 11.8 Å². The van der Waals surface area contributed by atoms with Gasteiger partial charge in [0, 0.05) is 11.3 Å². The molecule has 0 bridgehead atoms. The second-order valence-corrected chi connectivity index (χ2v) is 2.75. The molecule has 1 aliphatic carbocycles. The monoisotopic (exact) mass is 103 g/mol. The molecular formula is C4H9NS. The Kier molecular flexibility index (Phi) is 1.06. The Morgan fingerprint density at radius 1 is 1.83 bits per heavy atom. The van der Waals surface area contributed by atoms with Gasteiger partial charge in [-0.25, -0.2) is 0 Å². The van der Waals surface area contributed by atoms with Gasteiger partial charge in [0.05, 0.1) is 0 Å². The fourth-order valence-electron chi connectivity index (χ4n) is 0.461. The molecule has 1 fully saturated rings. The molecule has 0 saturated heterocycles. The highest BCUT2D eigenvalue weighted by Gasteiger charge is 2.31. The van der Waals surface area contributed by atoms with E-state index in [2.05, 4.69) is 6.26 Å². The molecule has 2 unspecified atom stereocenters. The topological polar surface area (TPSA) is 26.0 Å². The first kappa shape index (κ1) is 4.47. The normalized spacial score (nSPS) is 43.0. The summed E-state index contributed by atoms with van der Waals surface area (Å²) in [4.78, 5) is 0. The van der Waals surface area contributed by atoms with Crippen LogP contribution in [-0.4, -0.2) is 17.5 Å². The van der Waals surface area contributed by atoms with Crippen molar-refractivity contribution in [3.8, 4) is 0 Å². The Hall–Kier alpha value is 0.310. The van der Waals surface area contributed by atoms with Gasteiger partial charge in [0.25, 0.3) is 0 Å². The Morgan fingerprint density at radius 2 is 2.33 bits per heavy atom. The Labute approximate surface area is 42.3 Å². The van der Waals surface area contributed by atoms with Gasteiger partial charge in [-0.05, 0) is 12.7 Å². The standard InChI is InChI=1S/C4H9NS/c1-6-4-2-3(4)5/h3-4H,2,5H2,1H3. The van der Waals surface area contributed by atoms with Gasteiger partial charge in [0.2, 0.25) is 0 Å². The average Bonchev–Trinajstić information content (AvgIpc) is 2.19. The summed E-state index contributed by atoms with van der Waals surface area (Å²) in [5.74, 6) is 0. The number of hydrogen-bond donors (Lipinski definition) is 1. The van der Waals surface area contributed by atoms with E-state index in [9.17, 15) is 0 Å². The van der Waals surface area contributed by atoms with Gasteiger partial charge in [-0.15, -0.1) is 0 Å². The van der Waals surface area contributed by atoms with E-state index in [1.54, 1.807) is 0 Å². The smallest absolute Gasteiger partial charge is 0.0211 e. The van der Waals surface area contributed by atoms with Crippen molar-refractivity contribution in [1.82, 2.24) is 0 Å². The first-order valence-corrected chi connectivity index (χ1v) is 3.42.